The van der Waals surface area contributed by atoms with Crippen LogP contribution in [0.2, 0.25) is 0 Å². The molecule has 2 amide bonds. The van der Waals surface area contributed by atoms with Crippen LogP contribution in [0.3, 0.4) is 0 Å². The van der Waals surface area contributed by atoms with Crippen LogP contribution < -0.4 is 10.6 Å². The minimum Gasteiger partial charge on any atom is -0.326 e. The number of anilines is 2. The van der Waals surface area contributed by atoms with E-state index in [9.17, 15) is 9.59 Å². The molecule has 24 heavy (non-hydrogen) atoms. The van der Waals surface area contributed by atoms with E-state index in [2.05, 4.69) is 15.6 Å². The number of rotatable bonds is 4. The number of thiazole rings is 1. The van der Waals surface area contributed by atoms with Gasteiger partial charge in [0.15, 0.2) is 5.13 Å². The molecule has 1 aliphatic rings. The van der Waals surface area contributed by atoms with Crippen molar-refractivity contribution in [3.63, 3.8) is 0 Å². The van der Waals surface area contributed by atoms with Gasteiger partial charge in [-0.2, -0.15) is 0 Å². The van der Waals surface area contributed by atoms with Crippen molar-refractivity contribution in [1.82, 2.24) is 4.98 Å². The van der Waals surface area contributed by atoms with E-state index < -0.39 is 0 Å². The highest BCUT2D eigenvalue weighted by atomic mass is 32.1. The third kappa shape index (κ3) is 3.14. The third-order valence-corrected chi connectivity index (χ3v) is 4.79. The van der Waals surface area contributed by atoms with Gasteiger partial charge in [-0.25, -0.2) is 4.98 Å². The van der Waals surface area contributed by atoms with Crippen LogP contribution in [0.1, 0.15) is 23.2 Å². The largest absolute Gasteiger partial charge is 0.326 e. The Morgan fingerprint density at radius 1 is 1.04 bits per heavy atom. The number of hydrogen-bond acceptors (Lipinski definition) is 4. The van der Waals surface area contributed by atoms with Gasteiger partial charge in [0.1, 0.15) is 0 Å². The summed E-state index contributed by atoms with van der Waals surface area (Å²) in [4.78, 5) is 28.4. The maximum absolute atomic E-state index is 12.2. The highest BCUT2D eigenvalue weighted by Gasteiger charge is 2.29. The van der Waals surface area contributed by atoms with Gasteiger partial charge in [0, 0.05) is 17.2 Å². The van der Waals surface area contributed by atoms with Gasteiger partial charge in [0.05, 0.1) is 10.2 Å². The minimum absolute atomic E-state index is 0.0801. The highest BCUT2D eigenvalue weighted by molar-refractivity contribution is 7.22. The number of hydrogen-bond donors (Lipinski definition) is 2. The van der Waals surface area contributed by atoms with Gasteiger partial charge in [0.2, 0.25) is 5.91 Å². The molecule has 3 aromatic rings. The van der Waals surface area contributed by atoms with Gasteiger partial charge in [-0.1, -0.05) is 29.5 Å². The van der Waals surface area contributed by atoms with Crippen LogP contribution in [0.15, 0.2) is 48.5 Å². The normalized spacial score (nSPS) is 13.7. The lowest BCUT2D eigenvalue weighted by Gasteiger charge is -2.03. The van der Waals surface area contributed by atoms with Crippen molar-refractivity contribution in [3.05, 3.63) is 54.1 Å². The Balaban J connectivity index is 1.52. The zero-order valence-corrected chi connectivity index (χ0v) is 13.6. The summed E-state index contributed by atoms with van der Waals surface area (Å²) in [5, 5.41) is 6.29. The van der Waals surface area contributed by atoms with E-state index in [0.29, 0.717) is 10.7 Å². The zero-order valence-electron chi connectivity index (χ0n) is 12.8. The van der Waals surface area contributed by atoms with E-state index >= 15 is 0 Å². The van der Waals surface area contributed by atoms with Gasteiger partial charge >= 0.3 is 0 Å². The molecule has 0 aliphatic heterocycles. The molecule has 1 aromatic heterocycles. The first-order valence-corrected chi connectivity index (χ1v) is 8.58. The Morgan fingerprint density at radius 2 is 1.83 bits per heavy atom. The minimum atomic E-state index is -0.183. The predicted octanol–water partition coefficient (Wildman–Crippen LogP) is 3.90. The van der Waals surface area contributed by atoms with Crippen LogP contribution in [-0.2, 0) is 4.79 Å². The summed E-state index contributed by atoms with van der Waals surface area (Å²) in [5.41, 5.74) is 2.16. The van der Waals surface area contributed by atoms with Crippen molar-refractivity contribution >= 4 is 44.2 Å². The summed E-state index contributed by atoms with van der Waals surface area (Å²) in [6, 6.07) is 14.6. The number of aromatic nitrogens is 1. The Kier molecular flexibility index (Phi) is 3.74. The molecular formula is C18H15N3O2S. The number of fused-ring (bicyclic) bond motifs is 1. The molecule has 0 unspecified atom stereocenters. The van der Waals surface area contributed by atoms with Crippen LogP contribution in [0, 0.1) is 5.92 Å². The molecule has 1 fully saturated rings. The molecule has 0 saturated heterocycles. The molecule has 4 rings (SSSR count). The summed E-state index contributed by atoms with van der Waals surface area (Å²) in [5.74, 6) is 0.0660. The van der Waals surface area contributed by atoms with Crippen LogP contribution in [-0.4, -0.2) is 16.8 Å². The molecule has 0 bridgehead atoms. The molecule has 2 aromatic carbocycles. The lowest BCUT2D eigenvalue weighted by molar-refractivity contribution is -0.117. The first-order chi connectivity index (χ1) is 11.7. The van der Waals surface area contributed by atoms with E-state index in [-0.39, 0.29) is 17.7 Å². The quantitative estimate of drug-likeness (QED) is 0.758. The second kappa shape index (κ2) is 6.05. The summed E-state index contributed by atoms with van der Waals surface area (Å²) in [6.45, 7) is 0. The molecule has 0 radical (unpaired) electrons. The van der Waals surface area contributed by atoms with Crippen LogP contribution in [0.4, 0.5) is 10.8 Å². The number of carbonyl (C=O) groups excluding carboxylic acids is 2. The van der Waals surface area contributed by atoms with E-state index in [0.717, 1.165) is 28.7 Å². The third-order valence-electron chi connectivity index (χ3n) is 3.86. The topological polar surface area (TPSA) is 71.1 Å². The molecule has 120 valence electrons. The second-order valence-corrected chi connectivity index (χ2v) is 6.82. The summed E-state index contributed by atoms with van der Waals surface area (Å²) in [6.07, 6.45) is 1.95. The van der Waals surface area contributed by atoms with Crippen molar-refractivity contribution in [2.24, 2.45) is 5.92 Å². The molecule has 2 N–H and O–H groups in total. The maximum atomic E-state index is 12.2. The molecule has 0 atom stereocenters. The lowest BCUT2D eigenvalue weighted by Crippen LogP contribution is -2.12. The number of nitrogens with one attached hydrogen (secondary N) is 2. The molecular weight excluding hydrogens is 322 g/mol. The average molecular weight is 337 g/mol. The van der Waals surface area contributed by atoms with Crippen molar-refractivity contribution in [1.29, 1.82) is 0 Å². The maximum Gasteiger partial charge on any atom is 0.257 e. The Labute approximate surface area is 142 Å². The van der Waals surface area contributed by atoms with E-state index in [1.165, 1.54) is 11.3 Å². The fourth-order valence-electron chi connectivity index (χ4n) is 2.40. The van der Waals surface area contributed by atoms with E-state index in [1.807, 2.05) is 36.4 Å². The van der Waals surface area contributed by atoms with Crippen molar-refractivity contribution in [3.8, 4) is 0 Å². The number of nitrogens with zero attached hydrogens (tertiary/aromatic N) is 1. The lowest BCUT2D eigenvalue weighted by atomic mass is 10.2. The van der Waals surface area contributed by atoms with E-state index in [4.69, 9.17) is 0 Å². The molecule has 6 heteroatoms. The first-order valence-electron chi connectivity index (χ1n) is 7.77. The van der Waals surface area contributed by atoms with Gasteiger partial charge < -0.3 is 5.32 Å². The zero-order chi connectivity index (χ0) is 16.5. The number of carbonyl (C=O) groups is 2. The van der Waals surface area contributed by atoms with Crippen LogP contribution >= 0.6 is 11.3 Å². The predicted molar refractivity (Wildman–Crippen MR) is 95.4 cm³/mol. The van der Waals surface area contributed by atoms with Gasteiger partial charge in [-0.3, -0.25) is 14.9 Å². The fourth-order valence-corrected chi connectivity index (χ4v) is 3.30. The van der Waals surface area contributed by atoms with E-state index in [1.54, 1.807) is 12.1 Å². The molecule has 1 heterocycles. The van der Waals surface area contributed by atoms with Gasteiger partial charge in [-0.05, 0) is 43.2 Å². The molecule has 1 aliphatic carbocycles. The van der Waals surface area contributed by atoms with Crippen LogP contribution in [0.5, 0.6) is 0 Å². The average Bonchev–Trinajstić information content (AvgIpc) is 3.37. The van der Waals surface area contributed by atoms with Crippen molar-refractivity contribution in [2.75, 3.05) is 10.6 Å². The Morgan fingerprint density at radius 3 is 2.58 bits per heavy atom. The van der Waals surface area contributed by atoms with Gasteiger partial charge in [0.25, 0.3) is 5.91 Å². The first kappa shape index (κ1) is 14.8. The summed E-state index contributed by atoms with van der Waals surface area (Å²) < 4.78 is 0.923. The van der Waals surface area contributed by atoms with Crippen molar-refractivity contribution < 1.29 is 9.59 Å². The number of benzene rings is 2. The summed E-state index contributed by atoms with van der Waals surface area (Å²) in [7, 11) is 0. The molecule has 5 nitrogen and oxygen atoms in total. The molecule has 1 saturated carbocycles. The smallest absolute Gasteiger partial charge is 0.257 e. The van der Waals surface area contributed by atoms with Crippen molar-refractivity contribution in [2.45, 2.75) is 12.8 Å². The summed E-state index contributed by atoms with van der Waals surface area (Å²) >= 11 is 1.39. The number of amides is 2. The molecule has 0 spiro atoms. The monoisotopic (exact) mass is 337 g/mol. The SMILES string of the molecule is O=C(Nc1nc2ccc(NC(=O)C3CC3)cc2s1)c1ccccc1. The van der Waals surface area contributed by atoms with Crippen LogP contribution in [0.25, 0.3) is 10.2 Å². The fraction of sp³-hybridized carbons (Fsp3) is 0.167. The van der Waals surface area contributed by atoms with Gasteiger partial charge in [-0.15, -0.1) is 0 Å². The Hall–Kier alpha value is -2.73. The standard InChI is InChI=1S/C18H15N3O2S/c22-16(12-6-7-12)19-13-8-9-14-15(10-13)24-18(20-14)21-17(23)11-4-2-1-3-5-11/h1-5,8-10,12H,6-7H2,(H,19,22)(H,20,21,23). The highest BCUT2D eigenvalue weighted by Crippen LogP contribution is 2.32. The second-order valence-electron chi connectivity index (χ2n) is 5.79. The Bertz CT molecular complexity index is 916.